The summed E-state index contributed by atoms with van der Waals surface area (Å²) in [4.78, 5) is 23.1. The highest BCUT2D eigenvalue weighted by Gasteiger charge is 2.08. The summed E-state index contributed by atoms with van der Waals surface area (Å²) >= 11 is 1.63. The van der Waals surface area contributed by atoms with Crippen molar-refractivity contribution in [2.75, 3.05) is 30.3 Å². The van der Waals surface area contributed by atoms with Gasteiger partial charge in [-0.2, -0.15) is 11.3 Å². The molecule has 0 saturated heterocycles. The number of nitrogens with one attached hydrogen (secondary N) is 2. The summed E-state index contributed by atoms with van der Waals surface area (Å²) in [6.07, 6.45) is 3.46. The molecule has 2 heterocycles. The first-order chi connectivity index (χ1) is 13.2. The molecule has 1 aromatic carbocycles. The third-order valence-electron chi connectivity index (χ3n) is 4.15. The third kappa shape index (κ3) is 5.35. The molecule has 7 heteroatoms. The van der Waals surface area contributed by atoms with E-state index in [-0.39, 0.29) is 5.91 Å². The first-order valence-corrected chi connectivity index (χ1v) is 9.86. The Bertz CT molecular complexity index is 860. The maximum atomic E-state index is 12.2. The van der Waals surface area contributed by atoms with E-state index in [1.165, 1.54) is 0 Å². The summed E-state index contributed by atoms with van der Waals surface area (Å²) in [6.45, 7) is 6.19. The van der Waals surface area contributed by atoms with Crippen molar-refractivity contribution < 1.29 is 4.79 Å². The lowest BCUT2D eigenvalue weighted by Gasteiger charge is -2.17. The van der Waals surface area contributed by atoms with Crippen LogP contribution in [-0.2, 0) is 4.79 Å². The van der Waals surface area contributed by atoms with Crippen molar-refractivity contribution in [1.29, 1.82) is 0 Å². The minimum Gasteiger partial charge on any atom is -0.339 e. The largest absolute Gasteiger partial charge is 0.339 e. The van der Waals surface area contributed by atoms with Crippen LogP contribution in [0.15, 0.2) is 53.5 Å². The van der Waals surface area contributed by atoms with Gasteiger partial charge in [-0.05, 0) is 42.7 Å². The number of benzene rings is 1. The van der Waals surface area contributed by atoms with Gasteiger partial charge in [-0.3, -0.25) is 14.7 Å². The van der Waals surface area contributed by atoms with E-state index >= 15 is 0 Å². The van der Waals surface area contributed by atoms with Crippen LogP contribution < -0.4 is 10.6 Å². The van der Waals surface area contributed by atoms with Gasteiger partial charge < -0.3 is 10.6 Å². The summed E-state index contributed by atoms with van der Waals surface area (Å²) < 4.78 is 0. The molecule has 2 aromatic heterocycles. The number of aromatic nitrogens is 2. The highest BCUT2D eigenvalue weighted by molar-refractivity contribution is 7.08. The quantitative estimate of drug-likeness (QED) is 0.611. The van der Waals surface area contributed by atoms with E-state index in [1.54, 1.807) is 23.7 Å². The number of hydrogen-bond donors (Lipinski definition) is 2. The highest BCUT2D eigenvalue weighted by Crippen LogP contribution is 2.22. The van der Waals surface area contributed by atoms with Gasteiger partial charge in [0.05, 0.1) is 24.6 Å². The number of amides is 1. The Labute approximate surface area is 163 Å². The van der Waals surface area contributed by atoms with E-state index in [1.807, 2.05) is 54.9 Å². The van der Waals surface area contributed by atoms with Gasteiger partial charge >= 0.3 is 0 Å². The van der Waals surface area contributed by atoms with Gasteiger partial charge in [-0.15, -0.1) is 0 Å². The average Bonchev–Trinajstić information content (AvgIpc) is 3.22. The van der Waals surface area contributed by atoms with Crippen LogP contribution in [0.4, 0.5) is 17.2 Å². The Kier molecular flexibility index (Phi) is 6.51. The predicted octanol–water partition coefficient (Wildman–Crippen LogP) is 4.23. The van der Waals surface area contributed by atoms with Crippen LogP contribution in [0.25, 0.3) is 11.3 Å². The van der Waals surface area contributed by atoms with Crippen LogP contribution >= 0.6 is 11.3 Å². The van der Waals surface area contributed by atoms with E-state index in [2.05, 4.69) is 25.5 Å². The molecule has 0 bridgehead atoms. The summed E-state index contributed by atoms with van der Waals surface area (Å²) in [5.74, 6) is 0.636. The second-order valence-corrected chi connectivity index (χ2v) is 6.79. The summed E-state index contributed by atoms with van der Waals surface area (Å²) in [5, 5.41) is 10.2. The summed E-state index contributed by atoms with van der Waals surface area (Å²) in [6, 6.07) is 9.59. The maximum absolute atomic E-state index is 12.2. The molecule has 0 fully saturated rings. The number of nitrogens with zero attached hydrogens (tertiary/aromatic N) is 3. The van der Waals surface area contributed by atoms with Crippen molar-refractivity contribution in [2.24, 2.45) is 0 Å². The molecule has 0 aliphatic heterocycles. The SMILES string of the molecule is CCN(CC)CC(=O)Nc1cccc(Nc2cnc(-c3ccsc3)cn2)c1. The lowest BCUT2D eigenvalue weighted by atomic mass is 10.2. The fourth-order valence-corrected chi connectivity index (χ4v) is 3.27. The standard InChI is InChI=1S/C20H23N5OS/c1-3-25(4-2)13-20(26)24-17-7-5-6-16(10-17)23-19-12-21-18(11-22-19)15-8-9-27-14-15/h5-12,14H,3-4,13H2,1-2H3,(H,22,23)(H,24,26). The number of carbonyl (C=O) groups excluding carboxylic acids is 1. The van der Waals surface area contributed by atoms with Gasteiger partial charge in [0.1, 0.15) is 5.82 Å². The Morgan fingerprint density at radius 3 is 2.59 bits per heavy atom. The van der Waals surface area contributed by atoms with Crippen molar-refractivity contribution in [2.45, 2.75) is 13.8 Å². The van der Waals surface area contributed by atoms with Crippen molar-refractivity contribution in [3.05, 3.63) is 53.5 Å². The summed E-state index contributed by atoms with van der Waals surface area (Å²) in [5.41, 5.74) is 3.50. The van der Waals surface area contributed by atoms with Crippen molar-refractivity contribution in [3.8, 4) is 11.3 Å². The Balaban J connectivity index is 1.63. The van der Waals surface area contributed by atoms with Crippen LogP contribution in [0.2, 0.25) is 0 Å². The van der Waals surface area contributed by atoms with Gasteiger partial charge in [0, 0.05) is 22.3 Å². The highest BCUT2D eigenvalue weighted by atomic mass is 32.1. The first kappa shape index (κ1) is 19.0. The molecule has 27 heavy (non-hydrogen) atoms. The molecule has 0 saturated carbocycles. The van der Waals surface area contributed by atoms with Crippen LogP contribution in [0.3, 0.4) is 0 Å². The fraction of sp³-hybridized carbons (Fsp3) is 0.250. The van der Waals surface area contributed by atoms with E-state index in [0.717, 1.165) is 35.7 Å². The number of likely N-dealkylation sites (N-methyl/N-ethyl adjacent to an activating group) is 1. The van der Waals surface area contributed by atoms with Gasteiger partial charge in [-0.1, -0.05) is 19.9 Å². The maximum Gasteiger partial charge on any atom is 0.238 e. The molecule has 0 atom stereocenters. The summed E-state index contributed by atoms with van der Waals surface area (Å²) in [7, 11) is 0. The Morgan fingerprint density at radius 2 is 1.93 bits per heavy atom. The second kappa shape index (κ2) is 9.25. The lowest BCUT2D eigenvalue weighted by molar-refractivity contribution is -0.117. The third-order valence-corrected chi connectivity index (χ3v) is 4.83. The topological polar surface area (TPSA) is 70.2 Å². The molecule has 0 spiro atoms. The Hall–Kier alpha value is -2.77. The molecule has 6 nitrogen and oxygen atoms in total. The normalized spacial score (nSPS) is 10.8. The first-order valence-electron chi connectivity index (χ1n) is 8.91. The van der Waals surface area contributed by atoms with E-state index in [0.29, 0.717) is 12.4 Å². The molecule has 3 aromatic rings. The predicted molar refractivity (Wildman–Crippen MR) is 111 cm³/mol. The van der Waals surface area contributed by atoms with Gasteiger partial charge in [-0.25, -0.2) is 4.98 Å². The average molecular weight is 382 g/mol. The van der Waals surface area contributed by atoms with Crippen molar-refractivity contribution in [3.63, 3.8) is 0 Å². The molecule has 1 amide bonds. The minimum absolute atomic E-state index is 0.0178. The molecule has 0 unspecified atom stereocenters. The number of anilines is 3. The Morgan fingerprint density at radius 1 is 1.11 bits per heavy atom. The molecule has 0 radical (unpaired) electrons. The van der Waals surface area contributed by atoms with Crippen LogP contribution in [0.1, 0.15) is 13.8 Å². The van der Waals surface area contributed by atoms with Crippen molar-refractivity contribution in [1.82, 2.24) is 14.9 Å². The van der Waals surface area contributed by atoms with E-state index in [9.17, 15) is 4.79 Å². The number of rotatable bonds is 8. The fourth-order valence-electron chi connectivity index (χ4n) is 2.63. The van der Waals surface area contributed by atoms with Gasteiger partial charge in [0.25, 0.3) is 0 Å². The van der Waals surface area contributed by atoms with E-state index < -0.39 is 0 Å². The number of thiophene rings is 1. The molecule has 0 aliphatic carbocycles. The van der Waals surface area contributed by atoms with E-state index in [4.69, 9.17) is 0 Å². The molecule has 2 N–H and O–H groups in total. The smallest absolute Gasteiger partial charge is 0.238 e. The van der Waals surface area contributed by atoms with Gasteiger partial charge in [0.15, 0.2) is 0 Å². The van der Waals surface area contributed by atoms with Gasteiger partial charge in [0.2, 0.25) is 5.91 Å². The number of carbonyl (C=O) groups is 1. The lowest BCUT2D eigenvalue weighted by Crippen LogP contribution is -2.32. The van der Waals surface area contributed by atoms with Crippen LogP contribution in [0, 0.1) is 0 Å². The zero-order valence-electron chi connectivity index (χ0n) is 15.5. The monoisotopic (exact) mass is 381 g/mol. The zero-order valence-corrected chi connectivity index (χ0v) is 16.3. The molecule has 140 valence electrons. The molecule has 0 aliphatic rings. The zero-order chi connectivity index (χ0) is 19.1. The number of hydrogen-bond acceptors (Lipinski definition) is 6. The molecule has 3 rings (SSSR count). The molecular formula is C20H23N5OS. The van der Waals surface area contributed by atoms with Crippen LogP contribution in [-0.4, -0.2) is 40.4 Å². The van der Waals surface area contributed by atoms with Crippen molar-refractivity contribution >= 4 is 34.4 Å². The molecular weight excluding hydrogens is 358 g/mol. The minimum atomic E-state index is -0.0178. The second-order valence-electron chi connectivity index (χ2n) is 6.01. The van der Waals surface area contributed by atoms with Crippen LogP contribution in [0.5, 0.6) is 0 Å².